The topological polar surface area (TPSA) is 17.1 Å². The van der Waals surface area contributed by atoms with Crippen molar-refractivity contribution in [1.29, 1.82) is 0 Å². The normalized spacial score (nSPS) is 51.5. The van der Waals surface area contributed by atoms with Gasteiger partial charge in [0.25, 0.3) is 0 Å². The third kappa shape index (κ3) is 0.800. The Balaban J connectivity index is 2.07. The molecule has 1 saturated carbocycles. The van der Waals surface area contributed by atoms with Crippen LogP contribution >= 0.6 is 0 Å². The van der Waals surface area contributed by atoms with Crippen LogP contribution in [0.15, 0.2) is 24.3 Å². The Morgan fingerprint density at radius 3 is 2.92 bits per heavy atom. The molecule has 13 heavy (non-hydrogen) atoms. The molecule has 0 N–H and O–H groups in total. The standard InChI is InChI=1S/C12H14O/c1-7-8-5-6-11(12(7)13)10-4-2-3-9(8)10/h2,4-11H,3H2,1H3/t7?,8-,9-,10-,11-/m0/s1. The van der Waals surface area contributed by atoms with Crippen LogP contribution in [0.5, 0.6) is 0 Å². The van der Waals surface area contributed by atoms with Crippen molar-refractivity contribution in [3.63, 3.8) is 0 Å². The lowest BCUT2D eigenvalue weighted by molar-refractivity contribution is -0.132. The quantitative estimate of drug-likeness (QED) is 0.514. The first-order valence-corrected chi connectivity index (χ1v) is 5.18. The van der Waals surface area contributed by atoms with Gasteiger partial charge in [-0.1, -0.05) is 31.2 Å². The van der Waals surface area contributed by atoms with Crippen molar-refractivity contribution in [2.75, 3.05) is 0 Å². The molecule has 1 nitrogen and oxygen atoms in total. The zero-order valence-corrected chi connectivity index (χ0v) is 7.81. The third-order valence-electron chi connectivity index (χ3n) is 4.07. The third-order valence-corrected chi connectivity index (χ3v) is 4.07. The minimum absolute atomic E-state index is 0.212. The number of rotatable bonds is 0. The van der Waals surface area contributed by atoms with E-state index in [0.717, 1.165) is 5.92 Å². The van der Waals surface area contributed by atoms with E-state index < -0.39 is 0 Å². The van der Waals surface area contributed by atoms with E-state index in [0.29, 0.717) is 17.6 Å². The van der Waals surface area contributed by atoms with E-state index in [1.54, 1.807) is 0 Å². The average molecular weight is 174 g/mol. The zero-order valence-electron chi connectivity index (χ0n) is 7.81. The van der Waals surface area contributed by atoms with Gasteiger partial charge in [0.2, 0.25) is 0 Å². The van der Waals surface area contributed by atoms with Gasteiger partial charge in [-0.05, 0) is 24.2 Å². The number of ketones is 1. The van der Waals surface area contributed by atoms with Crippen LogP contribution in [-0.2, 0) is 4.79 Å². The van der Waals surface area contributed by atoms with Crippen molar-refractivity contribution in [3.8, 4) is 0 Å². The zero-order chi connectivity index (χ0) is 9.00. The molecule has 0 aromatic carbocycles. The summed E-state index contributed by atoms with van der Waals surface area (Å²) in [7, 11) is 0. The molecule has 0 aromatic rings. The van der Waals surface area contributed by atoms with Gasteiger partial charge in [0, 0.05) is 11.8 Å². The lowest BCUT2D eigenvalue weighted by Gasteiger charge is -2.44. The summed E-state index contributed by atoms with van der Waals surface area (Å²) in [6.45, 7) is 2.10. The molecule has 68 valence electrons. The van der Waals surface area contributed by atoms with Crippen molar-refractivity contribution < 1.29 is 4.79 Å². The first-order chi connectivity index (χ1) is 6.29. The maximum atomic E-state index is 11.8. The minimum Gasteiger partial charge on any atom is -0.299 e. The van der Waals surface area contributed by atoms with Crippen molar-refractivity contribution in [2.45, 2.75) is 13.3 Å². The van der Waals surface area contributed by atoms with E-state index in [4.69, 9.17) is 0 Å². The molecule has 0 radical (unpaired) electrons. The molecule has 2 bridgehead atoms. The number of carbonyl (C=O) groups excluding carboxylic acids is 1. The second-order valence-electron chi connectivity index (χ2n) is 4.58. The number of hydrogen-bond acceptors (Lipinski definition) is 1. The molecule has 4 rings (SSSR count). The van der Waals surface area contributed by atoms with Crippen molar-refractivity contribution in [1.82, 2.24) is 0 Å². The Morgan fingerprint density at radius 2 is 2.08 bits per heavy atom. The van der Waals surface area contributed by atoms with Crippen LogP contribution in [-0.4, -0.2) is 5.78 Å². The number of hydrogen-bond donors (Lipinski definition) is 0. The summed E-state index contributed by atoms with van der Waals surface area (Å²) in [6, 6.07) is 0. The van der Waals surface area contributed by atoms with Gasteiger partial charge in [0.1, 0.15) is 5.78 Å². The maximum absolute atomic E-state index is 11.8. The van der Waals surface area contributed by atoms with E-state index in [-0.39, 0.29) is 11.8 Å². The fraction of sp³-hybridized carbons (Fsp3) is 0.583. The van der Waals surface area contributed by atoms with Crippen molar-refractivity contribution >= 4 is 5.78 Å². The molecule has 4 aliphatic carbocycles. The molecule has 0 aromatic heterocycles. The van der Waals surface area contributed by atoms with E-state index in [1.165, 1.54) is 6.42 Å². The van der Waals surface area contributed by atoms with Gasteiger partial charge in [0.15, 0.2) is 0 Å². The molecule has 1 heteroatoms. The lowest BCUT2D eigenvalue weighted by Crippen LogP contribution is -2.45. The Bertz CT molecular complexity index is 313. The van der Waals surface area contributed by atoms with Gasteiger partial charge in [-0.2, -0.15) is 0 Å². The summed E-state index contributed by atoms with van der Waals surface area (Å²) in [5.74, 6) is 2.76. The monoisotopic (exact) mass is 174 g/mol. The molecule has 0 saturated heterocycles. The van der Waals surface area contributed by atoms with Gasteiger partial charge in [-0.15, -0.1) is 0 Å². The van der Waals surface area contributed by atoms with Crippen LogP contribution in [0.3, 0.4) is 0 Å². The fourth-order valence-corrected chi connectivity index (χ4v) is 3.33. The molecule has 0 spiro atoms. The summed E-state index contributed by atoms with van der Waals surface area (Å²) >= 11 is 0. The van der Waals surface area contributed by atoms with Crippen LogP contribution < -0.4 is 0 Å². The van der Waals surface area contributed by atoms with Crippen LogP contribution in [0.1, 0.15) is 13.3 Å². The molecule has 4 aliphatic rings. The number of fused-ring (bicyclic) bond motifs is 1. The highest BCUT2D eigenvalue weighted by Gasteiger charge is 2.49. The average Bonchev–Trinajstić information content (AvgIpc) is 2.61. The molecule has 5 atom stereocenters. The first kappa shape index (κ1) is 7.54. The van der Waals surface area contributed by atoms with E-state index in [2.05, 4.69) is 31.2 Å². The molecule has 0 heterocycles. The highest BCUT2D eigenvalue weighted by atomic mass is 16.1. The van der Waals surface area contributed by atoms with Gasteiger partial charge in [-0.3, -0.25) is 4.79 Å². The number of carbonyl (C=O) groups is 1. The summed E-state index contributed by atoms with van der Waals surface area (Å²) < 4.78 is 0. The highest BCUT2D eigenvalue weighted by Crippen LogP contribution is 2.50. The SMILES string of the molecule is CC1C(=O)[C@H]2C=C[C@@H]1[C@@H]1CC=C[C@@H]12. The van der Waals surface area contributed by atoms with Gasteiger partial charge in [-0.25, -0.2) is 0 Å². The van der Waals surface area contributed by atoms with Crippen LogP contribution in [0.4, 0.5) is 0 Å². The summed E-state index contributed by atoms with van der Waals surface area (Å²) in [5.41, 5.74) is 0. The number of Topliss-reactive ketones (excluding diaryl/α,β-unsaturated/α-hetero) is 1. The maximum Gasteiger partial charge on any atom is 0.143 e. The summed E-state index contributed by atoms with van der Waals surface area (Å²) in [5, 5.41) is 0. The smallest absolute Gasteiger partial charge is 0.143 e. The second kappa shape index (κ2) is 2.34. The van der Waals surface area contributed by atoms with Gasteiger partial charge >= 0.3 is 0 Å². The van der Waals surface area contributed by atoms with Crippen LogP contribution in [0.25, 0.3) is 0 Å². The summed E-state index contributed by atoms with van der Waals surface area (Å²) in [6.07, 6.45) is 10.1. The Kier molecular flexibility index (Phi) is 1.36. The van der Waals surface area contributed by atoms with Crippen LogP contribution in [0, 0.1) is 29.6 Å². The Morgan fingerprint density at radius 1 is 1.23 bits per heavy atom. The Labute approximate surface area is 78.5 Å². The van der Waals surface area contributed by atoms with E-state index in [1.807, 2.05) is 0 Å². The second-order valence-corrected chi connectivity index (χ2v) is 4.58. The minimum atomic E-state index is 0.212. The van der Waals surface area contributed by atoms with Crippen molar-refractivity contribution in [2.24, 2.45) is 29.6 Å². The molecular weight excluding hydrogens is 160 g/mol. The predicted molar refractivity (Wildman–Crippen MR) is 51.0 cm³/mol. The molecular formula is C12H14O. The van der Waals surface area contributed by atoms with E-state index in [9.17, 15) is 4.79 Å². The van der Waals surface area contributed by atoms with Gasteiger partial charge in [0.05, 0.1) is 0 Å². The lowest BCUT2D eigenvalue weighted by atomic mass is 9.59. The molecule has 1 unspecified atom stereocenters. The molecule has 0 amide bonds. The Hall–Kier alpha value is -0.850. The highest BCUT2D eigenvalue weighted by molar-refractivity contribution is 5.88. The van der Waals surface area contributed by atoms with Crippen molar-refractivity contribution in [3.05, 3.63) is 24.3 Å². The summed E-state index contributed by atoms with van der Waals surface area (Å²) in [4.78, 5) is 11.8. The molecule has 0 aliphatic heterocycles. The van der Waals surface area contributed by atoms with Crippen LogP contribution in [0.2, 0.25) is 0 Å². The van der Waals surface area contributed by atoms with Gasteiger partial charge < -0.3 is 0 Å². The fourth-order valence-electron chi connectivity index (χ4n) is 3.33. The predicted octanol–water partition coefficient (Wildman–Crippen LogP) is 2.20. The number of allylic oxidation sites excluding steroid dienone is 4. The largest absolute Gasteiger partial charge is 0.299 e. The first-order valence-electron chi connectivity index (χ1n) is 5.18. The molecule has 1 fully saturated rings. The van der Waals surface area contributed by atoms with E-state index >= 15 is 0 Å².